The van der Waals surface area contributed by atoms with E-state index in [1.165, 1.54) is 19.4 Å². The van der Waals surface area contributed by atoms with E-state index in [0.717, 1.165) is 42.6 Å². The van der Waals surface area contributed by atoms with E-state index in [0.29, 0.717) is 24.3 Å². The van der Waals surface area contributed by atoms with E-state index in [4.69, 9.17) is 0 Å². The third-order valence-corrected chi connectivity index (χ3v) is 5.72. The van der Waals surface area contributed by atoms with Crippen molar-refractivity contribution in [3.8, 4) is 0 Å². The first-order valence-corrected chi connectivity index (χ1v) is 9.56. The van der Waals surface area contributed by atoms with Crippen LogP contribution in [-0.2, 0) is 0 Å². The van der Waals surface area contributed by atoms with Gasteiger partial charge in [0.15, 0.2) is 0 Å². The van der Waals surface area contributed by atoms with Crippen LogP contribution in [0.4, 0.5) is 0 Å². The van der Waals surface area contributed by atoms with E-state index >= 15 is 0 Å². The van der Waals surface area contributed by atoms with Crippen molar-refractivity contribution in [1.29, 1.82) is 0 Å². The fourth-order valence-corrected chi connectivity index (χ4v) is 3.65. The molecule has 2 rings (SSSR count). The summed E-state index contributed by atoms with van der Waals surface area (Å²) < 4.78 is 0. The molecule has 0 spiro atoms. The Morgan fingerprint density at radius 1 is 1.42 bits per heavy atom. The standard InChI is InChI=1S/C19H36N4O/c1-6-18(22-20-5)15(4)19(24)10-14(3)23-8-7-17(12-23)21-11-16-9-13(16)2/h13-14,16-17,20-21,24H,6-12H2,1-5H3/b19-15+,22-18+/t13?,14?,16?,17-/m0/s1. The zero-order valence-corrected chi connectivity index (χ0v) is 16.1. The van der Waals surface area contributed by atoms with E-state index in [1.807, 2.05) is 6.92 Å². The predicted molar refractivity (Wildman–Crippen MR) is 101 cm³/mol. The molecule has 3 N–H and O–H groups in total. The zero-order valence-electron chi connectivity index (χ0n) is 16.1. The zero-order chi connectivity index (χ0) is 17.7. The van der Waals surface area contributed by atoms with Crippen molar-refractivity contribution in [2.75, 3.05) is 26.7 Å². The average Bonchev–Trinajstić information content (AvgIpc) is 3.07. The Hall–Kier alpha value is -1.07. The summed E-state index contributed by atoms with van der Waals surface area (Å²) >= 11 is 0. The summed E-state index contributed by atoms with van der Waals surface area (Å²) in [6, 6.07) is 0.976. The summed E-state index contributed by atoms with van der Waals surface area (Å²) in [4.78, 5) is 2.50. The van der Waals surface area contributed by atoms with Gasteiger partial charge in [0.25, 0.3) is 0 Å². The fourth-order valence-electron chi connectivity index (χ4n) is 3.65. The number of hydrogen-bond donors (Lipinski definition) is 3. The number of hydrazone groups is 1. The van der Waals surface area contributed by atoms with Gasteiger partial charge < -0.3 is 15.8 Å². The highest BCUT2D eigenvalue weighted by Gasteiger charge is 2.33. The van der Waals surface area contributed by atoms with Crippen molar-refractivity contribution >= 4 is 5.71 Å². The molecule has 1 aliphatic carbocycles. The lowest BCUT2D eigenvalue weighted by Gasteiger charge is -2.25. The van der Waals surface area contributed by atoms with Crippen LogP contribution in [0.5, 0.6) is 0 Å². The van der Waals surface area contributed by atoms with Crippen LogP contribution < -0.4 is 10.7 Å². The number of nitrogens with zero attached hydrogens (tertiary/aromatic N) is 2. The van der Waals surface area contributed by atoms with Gasteiger partial charge in [-0.3, -0.25) is 4.90 Å². The van der Waals surface area contributed by atoms with E-state index < -0.39 is 0 Å². The van der Waals surface area contributed by atoms with E-state index in [1.54, 1.807) is 7.05 Å². The van der Waals surface area contributed by atoms with Crippen molar-refractivity contribution in [3.63, 3.8) is 0 Å². The third kappa shape index (κ3) is 5.21. The molecule has 2 fully saturated rings. The van der Waals surface area contributed by atoms with Gasteiger partial charge in [-0.05, 0) is 51.5 Å². The number of hydrogen-bond acceptors (Lipinski definition) is 5. The van der Waals surface area contributed by atoms with Gasteiger partial charge in [-0.15, -0.1) is 0 Å². The van der Waals surface area contributed by atoms with Crippen LogP contribution in [0.1, 0.15) is 53.4 Å². The summed E-state index contributed by atoms with van der Waals surface area (Å²) in [7, 11) is 1.79. The third-order valence-electron chi connectivity index (χ3n) is 5.72. The van der Waals surface area contributed by atoms with Crippen LogP contribution >= 0.6 is 0 Å². The molecular formula is C19H36N4O. The highest BCUT2D eigenvalue weighted by Crippen LogP contribution is 2.37. The molecule has 0 aromatic carbocycles. The average molecular weight is 337 g/mol. The van der Waals surface area contributed by atoms with Gasteiger partial charge >= 0.3 is 0 Å². The van der Waals surface area contributed by atoms with Gasteiger partial charge in [-0.25, -0.2) is 0 Å². The Morgan fingerprint density at radius 3 is 2.71 bits per heavy atom. The normalized spacial score (nSPS) is 30.2. The summed E-state index contributed by atoms with van der Waals surface area (Å²) in [5.41, 5.74) is 4.67. The molecule has 3 unspecified atom stereocenters. The molecule has 0 amide bonds. The quantitative estimate of drug-likeness (QED) is 0.344. The minimum Gasteiger partial charge on any atom is -0.512 e. The molecule has 0 radical (unpaired) electrons. The van der Waals surface area contributed by atoms with Crippen LogP contribution in [0.3, 0.4) is 0 Å². The van der Waals surface area contributed by atoms with Gasteiger partial charge in [0.05, 0.1) is 11.5 Å². The first-order chi connectivity index (χ1) is 11.5. The van der Waals surface area contributed by atoms with Crippen LogP contribution in [0.25, 0.3) is 0 Å². The monoisotopic (exact) mass is 336 g/mol. The summed E-state index contributed by atoms with van der Waals surface area (Å²) in [6.07, 6.45) is 4.13. The minimum atomic E-state index is 0.360. The Labute approximate surface area is 147 Å². The lowest BCUT2D eigenvalue weighted by molar-refractivity contribution is 0.227. The number of likely N-dealkylation sites (tertiary alicyclic amines) is 1. The second-order valence-corrected chi connectivity index (χ2v) is 7.62. The Balaban J connectivity index is 1.81. The molecule has 4 atom stereocenters. The lowest BCUT2D eigenvalue weighted by Crippen LogP contribution is -2.37. The minimum absolute atomic E-state index is 0.360. The second-order valence-electron chi connectivity index (χ2n) is 7.62. The molecule has 24 heavy (non-hydrogen) atoms. The van der Waals surface area contributed by atoms with Gasteiger partial charge in [-0.1, -0.05) is 13.8 Å². The molecule has 5 heteroatoms. The van der Waals surface area contributed by atoms with Crippen LogP contribution in [0.2, 0.25) is 0 Å². The van der Waals surface area contributed by atoms with Crippen molar-refractivity contribution < 1.29 is 5.11 Å². The maximum Gasteiger partial charge on any atom is 0.0986 e. The molecule has 5 nitrogen and oxygen atoms in total. The van der Waals surface area contributed by atoms with E-state index in [-0.39, 0.29) is 0 Å². The molecule has 0 bridgehead atoms. The molecule has 1 saturated carbocycles. The number of rotatable bonds is 9. The van der Waals surface area contributed by atoms with Crippen LogP contribution in [-0.4, -0.2) is 54.5 Å². The number of allylic oxidation sites excluding steroid dienone is 1. The molecule has 0 aromatic rings. The maximum absolute atomic E-state index is 10.5. The van der Waals surface area contributed by atoms with Crippen molar-refractivity contribution in [2.45, 2.75) is 65.5 Å². The molecule has 138 valence electrons. The summed E-state index contributed by atoms with van der Waals surface area (Å²) in [6.45, 7) is 12.0. The van der Waals surface area contributed by atoms with Gasteiger partial charge in [0, 0.05) is 44.2 Å². The number of aliphatic hydroxyl groups is 1. The van der Waals surface area contributed by atoms with Gasteiger partial charge in [-0.2, -0.15) is 5.10 Å². The second kappa shape index (κ2) is 8.86. The van der Waals surface area contributed by atoms with Crippen molar-refractivity contribution in [2.24, 2.45) is 16.9 Å². The lowest BCUT2D eigenvalue weighted by atomic mass is 10.0. The Kier molecular flexibility index (Phi) is 7.11. The number of nitrogens with one attached hydrogen (secondary N) is 2. The first kappa shape index (κ1) is 19.3. The molecule has 1 heterocycles. The van der Waals surface area contributed by atoms with Crippen molar-refractivity contribution in [1.82, 2.24) is 15.6 Å². The first-order valence-electron chi connectivity index (χ1n) is 9.56. The van der Waals surface area contributed by atoms with Gasteiger partial charge in [0.1, 0.15) is 0 Å². The molecule has 0 aromatic heterocycles. The van der Waals surface area contributed by atoms with Crippen LogP contribution in [0.15, 0.2) is 16.4 Å². The largest absolute Gasteiger partial charge is 0.512 e. The maximum atomic E-state index is 10.5. The molecular weight excluding hydrogens is 300 g/mol. The molecule has 1 saturated heterocycles. The fraction of sp³-hybridized carbons (Fsp3) is 0.842. The summed E-state index contributed by atoms with van der Waals surface area (Å²) in [5.74, 6) is 2.30. The predicted octanol–water partition coefficient (Wildman–Crippen LogP) is 2.90. The highest BCUT2D eigenvalue weighted by molar-refractivity contribution is 5.99. The summed E-state index contributed by atoms with van der Waals surface area (Å²) in [5, 5.41) is 18.5. The van der Waals surface area contributed by atoms with E-state index in [9.17, 15) is 5.11 Å². The molecule has 2 aliphatic rings. The van der Waals surface area contributed by atoms with Crippen LogP contribution in [0, 0.1) is 11.8 Å². The Morgan fingerprint density at radius 2 is 2.12 bits per heavy atom. The topological polar surface area (TPSA) is 59.9 Å². The SMILES string of the molecule is CCC(=N\NC)/C(C)=C(/O)CC(C)N1CC[C@H](NCC2CC2C)C1. The van der Waals surface area contributed by atoms with Crippen molar-refractivity contribution in [3.05, 3.63) is 11.3 Å². The van der Waals surface area contributed by atoms with Gasteiger partial charge in [0.2, 0.25) is 0 Å². The highest BCUT2D eigenvalue weighted by atomic mass is 16.3. The van der Waals surface area contributed by atoms with E-state index in [2.05, 4.69) is 41.5 Å². The molecule has 1 aliphatic heterocycles. The Bertz CT molecular complexity index is 474. The smallest absolute Gasteiger partial charge is 0.0986 e. The number of aliphatic hydroxyl groups excluding tert-OH is 1.